The minimum Gasteiger partial charge on any atom is -0.396 e. The highest BCUT2D eigenvalue weighted by Gasteiger charge is 2.40. The van der Waals surface area contributed by atoms with Gasteiger partial charge in [0.25, 0.3) is 0 Å². The molecule has 102 valence electrons. The third-order valence-corrected chi connectivity index (χ3v) is 4.35. The van der Waals surface area contributed by atoms with Gasteiger partial charge in [0, 0.05) is 6.61 Å². The van der Waals surface area contributed by atoms with Gasteiger partial charge in [-0.25, -0.2) is 0 Å². The zero-order chi connectivity index (χ0) is 12.4. The lowest BCUT2D eigenvalue weighted by Gasteiger charge is -2.10. The molecule has 0 amide bonds. The first-order chi connectivity index (χ1) is 8.33. The number of hydrogen-bond donors (Lipinski definition) is 1. The van der Waals surface area contributed by atoms with Crippen LogP contribution < -0.4 is 0 Å². The van der Waals surface area contributed by atoms with E-state index in [0.29, 0.717) is 12.0 Å². The van der Waals surface area contributed by atoms with Gasteiger partial charge in [-0.2, -0.15) is 0 Å². The van der Waals surface area contributed by atoms with Crippen LogP contribution in [0.2, 0.25) is 0 Å². The van der Waals surface area contributed by atoms with E-state index < -0.39 is 0 Å². The lowest BCUT2D eigenvalue weighted by Crippen LogP contribution is -2.05. The summed E-state index contributed by atoms with van der Waals surface area (Å²) < 4.78 is 0. The summed E-state index contributed by atoms with van der Waals surface area (Å²) in [6.07, 6.45) is 17.9. The van der Waals surface area contributed by atoms with E-state index in [1.54, 1.807) is 0 Å². The fourth-order valence-electron chi connectivity index (χ4n) is 2.65. The zero-order valence-electron chi connectivity index (χ0n) is 11.8. The highest BCUT2D eigenvalue weighted by molar-refractivity contribution is 4.91. The van der Waals surface area contributed by atoms with Gasteiger partial charge in [-0.3, -0.25) is 0 Å². The Balaban J connectivity index is 1.73. The van der Waals surface area contributed by atoms with E-state index in [4.69, 9.17) is 0 Å². The van der Waals surface area contributed by atoms with Crippen molar-refractivity contribution in [3.8, 4) is 0 Å². The Morgan fingerprint density at radius 1 is 0.765 bits per heavy atom. The fourth-order valence-corrected chi connectivity index (χ4v) is 2.65. The van der Waals surface area contributed by atoms with Gasteiger partial charge in [0.15, 0.2) is 0 Å². The molecule has 17 heavy (non-hydrogen) atoms. The van der Waals surface area contributed by atoms with E-state index in [9.17, 15) is 5.11 Å². The first kappa shape index (κ1) is 15.0. The molecule has 0 unspecified atom stereocenters. The average molecular weight is 240 g/mol. The second-order valence-electron chi connectivity index (χ2n) is 6.09. The van der Waals surface area contributed by atoms with Crippen LogP contribution in [-0.4, -0.2) is 11.7 Å². The van der Waals surface area contributed by atoms with Crippen LogP contribution in [0.4, 0.5) is 0 Å². The van der Waals surface area contributed by atoms with Crippen LogP contribution in [0.25, 0.3) is 0 Å². The second-order valence-corrected chi connectivity index (χ2v) is 6.09. The SMILES string of the molecule is CCCCCCCCCCCCC1(CO)CC1. The third kappa shape index (κ3) is 7.08. The van der Waals surface area contributed by atoms with E-state index in [0.717, 1.165) is 0 Å². The summed E-state index contributed by atoms with van der Waals surface area (Å²) in [5, 5.41) is 9.20. The molecule has 1 aliphatic rings. The summed E-state index contributed by atoms with van der Waals surface area (Å²) in [4.78, 5) is 0. The highest BCUT2D eigenvalue weighted by atomic mass is 16.3. The van der Waals surface area contributed by atoms with E-state index in [1.807, 2.05) is 0 Å². The van der Waals surface area contributed by atoms with Crippen molar-refractivity contribution in [1.29, 1.82) is 0 Å². The molecule has 0 aromatic rings. The van der Waals surface area contributed by atoms with Crippen molar-refractivity contribution in [3.05, 3.63) is 0 Å². The van der Waals surface area contributed by atoms with E-state index in [2.05, 4.69) is 6.92 Å². The van der Waals surface area contributed by atoms with Crippen molar-refractivity contribution in [2.45, 2.75) is 90.4 Å². The second kappa shape index (κ2) is 8.97. The van der Waals surface area contributed by atoms with Crippen LogP contribution in [0.15, 0.2) is 0 Å². The predicted molar refractivity (Wildman–Crippen MR) is 75.2 cm³/mol. The number of hydrogen-bond acceptors (Lipinski definition) is 1. The molecule has 1 heteroatoms. The quantitative estimate of drug-likeness (QED) is 0.472. The summed E-state index contributed by atoms with van der Waals surface area (Å²) in [6.45, 7) is 2.71. The van der Waals surface area contributed by atoms with Crippen LogP contribution in [-0.2, 0) is 0 Å². The molecule has 0 aromatic carbocycles. The molecular weight excluding hydrogens is 208 g/mol. The Morgan fingerprint density at radius 2 is 1.24 bits per heavy atom. The summed E-state index contributed by atoms with van der Waals surface area (Å²) in [7, 11) is 0. The molecule has 0 aromatic heterocycles. The molecule has 0 spiro atoms. The van der Waals surface area contributed by atoms with Crippen molar-refractivity contribution < 1.29 is 5.11 Å². The van der Waals surface area contributed by atoms with Crippen molar-refractivity contribution in [1.82, 2.24) is 0 Å². The normalized spacial score (nSPS) is 17.3. The molecule has 1 saturated carbocycles. The molecule has 1 nitrogen and oxygen atoms in total. The number of aliphatic hydroxyl groups excluding tert-OH is 1. The molecule has 1 N–H and O–H groups in total. The third-order valence-electron chi connectivity index (χ3n) is 4.35. The molecule has 1 fully saturated rings. The number of rotatable bonds is 12. The summed E-state index contributed by atoms with van der Waals surface area (Å²) >= 11 is 0. The number of unbranched alkanes of at least 4 members (excludes halogenated alkanes) is 9. The Kier molecular flexibility index (Phi) is 7.92. The molecule has 0 atom stereocenters. The maximum atomic E-state index is 9.20. The Labute approximate surface area is 108 Å². The molecule has 0 radical (unpaired) electrons. The lowest BCUT2D eigenvalue weighted by molar-refractivity contribution is 0.200. The van der Waals surface area contributed by atoms with Crippen LogP contribution in [0.1, 0.15) is 90.4 Å². The maximum Gasteiger partial charge on any atom is 0.0487 e. The van der Waals surface area contributed by atoms with Gasteiger partial charge in [-0.05, 0) is 24.7 Å². The van der Waals surface area contributed by atoms with Crippen LogP contribution in [0.3, 0.4) is 0 Å². The first-order valence-corrected chi connectivity index (χ1v) is 7.94. The largest absolute Gasteiger partial charge is 0.396 e. The molecule has 0 saturated heterocycles. The minimum atomic E-state index is 0.389. The molecule has 1 rings (SSSR count). The van der Waals surface area contributed by atoms with Gasteiger partial charge in [0.2, 0.25) is 0 Å². The average Bonchev–Trinajstić information content (AvgIpc) is 3.12. The lowest BCUT2D eigenvalue weighted by atomic mass is 9.98. The van der Waals surface area contributed by atoms with Crippen molar-refractivity contribution in [3.63, 3.8) is 0 Å². The molecular formula is C16H32O. The fraction of sp³-hybridized carbons (Fsp3) is 1.00. The van der Waals surface area contributed by atoms with Gasteiger partial charge in [-0.1, -0.05) is 71.1 Å². The first-order valence-electron chi connectivity index (χ1n) is 7.94. The zero-order valence-corrected chi connectivity index (χ0v) is 11.8. The van der Waals surface area contributed by atoms with Gasteiger partial charge in [0.1, 0.15) is 0 Å². The van der Waals surface area contributed by atoms with Crippen LogP contribution >= 0.6 is 0 Å². The van der Waals surface area contributed by atoms with Crippen LogP contribution in [0.5, 0.6) is 0 Å². The predicted octanol–water partition coefficient (Wildman–Crippen LogP) is 5.07. The maximum absolute atomic E-state index is 9.20. The standard InChI is InChI=1S/C16H32O/c1-2-3-4-5-6-7-8-9-10-11-12-16(15-17)13-14-16/h17H,2-15H2,1H3. The van der Waals surface area contributed by atoms with E-state index in [1.165, 1.54) is 83.5 Å². The summed E-state index contributed by atoms with van der Waals surface area (Å²) in [5.41, 5.74) is 0.389. The molecule has 0 bridgehead atoms. The highest BCUT2D eigenvalue weighted by Crippen LogP contribution is 2.49. The smallest absolute Gasteiger partial charge is 0.0487 e. The monoisotopic (exact) mass is 240 g/mol. The Bertz CT molecular complexity index is 172. The molecule has 1 aliphatic carbocycles. The summed E-state index contributed by atoms with van der Waals surface area (Å²) in [6, 6.07) is 0. The van der Waals surface area contributed by atoms with Gasteiger partial charge >= 0.3 is 0 Å². The van der Waals surface area contributed by atoms with E-state index >= 15 is 0 Å². The minimum absolute atomic E-state index is 0.389. The van der Waals surface area contributed by atoms with Crippen molar-refractivity contribution in [2.75, 3.05) is 6.61 Å². The summed E-state index contributed by atoms with van der Waals surface area (Å²) in [5.74, 6) is 0. The van der Waals surface area contributed by atoms with Gasteiger partial charge in [0.05, 0.1) is 0 Å². The molecule has 0 aliphatic heterocycles. The van der Waals surface area contributed by atoms with Crippen molar-refractivity contribution in [2.24, 2.45) is 5.41 Å². The topological polar surface area (TPSA) is 20.2 Å². The number of aliphatic hydroxyl groups is 1. The van der Waals surface area contributed by atoms with Gasteiger partial charge in [-0.15, -0.1) is 0 Å². The Morgan fingerprint density at radius 3 is 1.65 bits per heavy atom. The molecule has 0 heterocycles. The van der Waals surface area contributed by atoms with E-state index in [-0.39, 0.29) is 0 Å². The van der Waals surface area contributed by atoms with Crippen LogP contribution in [0, 0.1) is 5.41 Å². The van der Waals surface area contributed by atoms with Gasteiger partial charge < -0.3 is 5.11 Å². The Hall–Kier alpha value is -0.0400. The van der Waals surface area contributed by atoms with Crippen molar-refractivity contribution >= 4 is 0 Å².